The lowest BCUT2D eigenvalue weighted by molar-refractivity contribution is 0.215. The molecule has 0 aromatic carbocycles. The summed E-state index contributed by atoms with van der Waals surface area (Å²) in [6.45, 7) is 8.68. The Hall–Kier alpha value is -0.120. The predicted molar refractivity (Wildman–Crippen MR) is 73.2 cm³/mol. The van der Waals surface area contributed by atoms with Gasteiger partial charge in [-0.1, -0.05) is 13.3 Å². The lowest BCUT2D eigenvalue weighted by Crippen LogP contribution is -2.38. The van der Waals surface area contributed by atoms with Crippen LogP contribution in [0.3, 0.4) is 0 Å². The average Bonchev–Trinajstić information content (AvgIpc) is 2.65. The van der Waals surface area contributed by atoms with Gasteiger partial charge in [-0.05, 0) is 58.3 Å². The first kappa shape index (κ1) is 13.3. The molecule has 2 aliphatic rings. The molecular weight excluding hydrogens is 210 g/mol. The summed E-state index contributed by atoms with van der Waals surface area (Å²) in [4.78, 5) is 5.36. The highest BCUT2D eigenvalue weighted by Crippen LogP contribution is 2.21. The molecule has 0 saturated carbocycles. The Morgan fingerprint density at radius 1 is 1.18 bits per heavy atom. The van der Waals surface area contributed by atoms with Gasteiger partial charge in [0.05, 0.1) is 0 Å². The van der Waals surface area contributed by atoms with Gasteiger partial charge >= 0.3 is 0 Å². The van der Waals surface area contributed by atoms with Crippen LogP contribution in [0.5, 0.6) is 0 Å². The molecule has 2 rings (SSSR count). The highest BCUT2D eigenvalue weighted by molar-refractivity contribution is 4.85. The number of fused-ring (bicyclic) bond motifs is 1. The molecule has 3 nitrogen and oxygen atoms in total. The summed E-state index contributed by atoms with van der Waals surface area (Å²) in [5, 5.41) is 0. The molecule has 3 heteroatoms. The van der Waals surface area contributed by atoms with Crippen LogP contribution in [0, 0.1) is 0 Å². The fraction of sp³-hybridized carbons (Fsp3) is 1.00. The maximum absolute atomic E-state index is 6.11. The topological polar surface area (TPSA) is 32.5 Å². The summed E-state index contributed by atoms with van der Waals surface area (Å²) >= 11 is 0. The van der Waals surface area contributed by atoms with Crippen molar-refractivity contribution < 1.29 is 0 Å². The average molecular weight is 239 g/mol. The largest absolute Gasteiger partial charge is 0.328 e. The third-order valence-corrected chi connectivity index (χ3v) is 4.36. The van der Waals surface area contributed by atoms with Crippen molar-refractivity contribution in [2.24, 2.45) is 5.73 Å². The maximum atomic E-state index is 6.11. The van der Waals surface area contributed by atoms with Gasteiger partial charge in [0.2, 0.25) is 0 Å². The van der Waals surface area contributed by atoms with Crippen LogP contribution < -0.4 is 5.73 Å². The minimum Gasteiger partial charge on any atom is -0.328 e. The fourth-order valence-electron chi connectivity index (χ4n) is 3.35. The van der Waals surface area contributed by atoms with Crippen LogP contribution in [0.25, 0.3) is 0 Å². The third kappa shape index (κ3) is 3.94. The Kier molecular flexibility index (Phi) is 5.26. The summed E-state index contributed by atoms with van der Waals surface area (Å²) in [6.07, 6.45) is 7.76. The van der Waals surface area contributed by atoms with Crippen LogP contribution in [0.2, 0.25) is 0 Å². The van der Waals surface area contributed by atoms with Crippen LogP contribution in [0.15, 0.2) is 0 Å². The molecule has 2 aliphatic heterocycles. The van der Waals surface area contributed by atoms with Gasteiger partial charge in [-0.2, -0.15) is 0 Å². The van der Waals surface area contributed by atoms with E-state index >= 15 is 0 Å². The second kappa shape index (κ2) is 6.72. The lowest BCUT2D eigenvalue weighted by atomic mass is 10.1. The Bertz CT molecular complexity index is 220. The molecule has 0 aromatic rings. The van der Waals surface area contributed by atoms with Crippen molar-refractivity contribution in [3.05, 3.63) is 0 Å². The predicted octanol–water partition coefficient (Wildman–Crippen LogP) is 1.67. The molecule has 0 aliphatic carbocycles. The van der Waals surface area contributed by atoms with E-state index < -0.39 is 0 Å². The molecule has 2 N–H and O–H groups in total. The van der Waals surface area contributed by atoms with Gasteiger partial charge in [0, 0.05) is 18.6 Å². The molecule has 17 heavy (non-hydrogen) atoms. The molecular formula is C14H29N3. The summed E-state index contributed by atoms with van der Waals surface area (Å²) in [7, 11) is 0. The van der Waals surface area contributed by atoms with Gasteiger partial charge in [-0.25, -0.2) is 0 Å². The first-order valence-corrected chi connectivity index (χ1v) is 7.51. The summed E-state index contributed by atoms with van der Waals surface area (Å²) in [5.74, 6) is 0. The van der Waals surface area contributed by atoms with Crippen molar-refractivity contribution in [1.82, 2.24) is 9.80 Å². The zero-order chi connectivity index (χ0) is 12.1. The Balaban J connectivity index is 1.73. The van der Waals surface area contributed by atoms with Gasteiger partial charge in [0.15, 0.2) is 0 Å². The second-order valence-electron chi connectivity index (χ2n) is 5.82. The van der Waals surface area contributed by atoms with Gasteiger partial charge in [-0.3, -0.25) is 4.90 Å². The SMILES string of the molecule is CCCC(N)CCN1CCCN2CCCC2C1. The number of nitrogens with zero attached hydrogens (tertiary/aromatic N) is 2. The zero-order valence-electron chi connectivity index (χ0n) is 11.4. The molecule has 0 radical (unpaired) electrons. The molecule has 2 saturated heterocycles. The fourth-order valence-corrected chi connectivity index (χ4v) is 3.35. The Morgan fingerprint density at radius 2 is 2.00 bits per heavy atom. The Labute approximate surface area is 106 Å². The molecule has 2 unspecified atom stereocenters. The van der Waals surface area contributed by atoms with Crippen LogP contribution in [-0.4, -0.2) is 54.6 Å². The minimum atomic E-state index is 0.419. The maximum Gasteiger partial charge on any atom is 0.0223 e. The van der Waals surface area contributed by atoms with E-state index in [-0.39, 0.29) is 0 Å². The number of hydrogen-bond acceptors (Lipinski definition) is 3. The van der Waals surface area contributed by atoms with E-state index in [1.807, 2.05) is 0 Å². The van der Waals surface area contributed by atoms with Gasteiger partial charge < -0.3 is 10.6 Å². The second-order valence-corrected chi connectivity index (χ2v) is 5.82. The van der Waals surface area contributed by atoms with Crippen molar-refractivity contribution in [3.63, 3.8) is 0 Å². The van der Waals surface area contributed by atoms with Crippen molar-refractivity contribution in [1.29, 1.82) is 0 Å². The molecule has 0 amide bonds. The van der Waals surface area contributed by atoms with Crippen molar-refractivity contribution in [2.75, 3.05) is 32.7 Å². The number of rotatable bonds is 5. The van der Waals surface area contributed by atoms with Crippen LogP contribution >= 0.6 is 0 Å². The van der Waals surface area contributed by atoms with Crippen LogP contribution in [0.1, 0.15) is 45.4 Å². The standard InChI is InChI=1S/C14H29N3/c1-2-5-13(15)7-11-16-8-4-10-17-9-3-6-14(17)12-16/h13-14H,2-12,15H2,1H3. The van der Waals surface area contributed by atoms with E-state index in [1.54, 1.807) is 0 Å². The first-order chi connectivity index (χ1) is 8.29. The van der Waals surface area contributed by atoms with Crippen LogP contribution in [-0.2, 0) is 0 Å². The Morgan fingerprint density at radius 3 is 2.82 bits per heavy atom. The highest BCUT2D eigenvalue weighted by Gasteiger charge is 2.28. The normalized spacial score (nSPS) is 28.9. The minimum absolute atomic E-state index is 0.419. The number of nitrogens with two attached hydrogens (primary N) is 1. The molecule has 0 spiro atoms. The molecule has 0 bridgehead atoms. The van der Waals surface area contributed by atoms with Crippen molar-refractivity contribution in [2.45, 2.75) is 57.5 Å². The molecule has 2 fully saturated rings. The smallest absolute Gasteiger partial charge is 0.0223 e. The highest BCUT2D eigenvalue weighted by atomic mass is 15.3. The van der Waals surface area contributed by atoms with Crippen molar-refractivity contribution in [3.8, 4) is 0 Å². The monoisotopic (exact) mass is 239 g/mol. The summed E-state index contributed by atoms with van der Waals surface area (Å²) < 4.78 is 0. The molecule has 2 atom stereocenters. The van der Waals surface area contributed by atoms with E-state index in [4.69, 9.17) is 5.73 Å². The van der Waals surface area contributed by atoms with E-state index in [2.05, 4.69) is 16.7 Å². The van der Waals surface area contributed by atoms with Crippen LogP contribution in [0.4, 0.5) is 0 Å². The molecule has 0 aromatic heterocycles. The molecule has 2 heterocycles. The molecule has 100 valence electrons. The quantitative estimate of drug-likeness (QED) is 0.792. The van der Waals surface area contributed by atoms with E-state index in [0.29, 0.717) is 6.04 Å². The number of hydrogen-bond donors (Lipinski definition) is 1. The van der Waals surface area contributed by atoms with Gasteiger partial charge in [-0.15, -0.1) is 0 Å². The van der Waals surface area contributed by atoms with Gasteiger partial charge in [0.1, 0.15) is 0 Å². The zero-order valence-corrected chi connectivity index (χ0v) is 11.4. The summed E-state index contributed by atoms with van der Waals surface area (Å²) in [6, 6.07) is 1.27. The van der Waals surface area contributed by atoms with Crippen molar-refractivity contribution >= 4 is 0 Å². The summed E-state index contributed by atoms with van der Waals surface area (Å²) in [5.41, 5.74) is 6.11. The lowest BCUT2D eigenvalue weighted by Gasteiger charge is -2.26. The van der Waals surface area contributed by atoms with E-state index in [1.165, 1.54) is 71.2 Å². The van der Waals surface area contributed by atoms with E-state index in [9.17, 15) is 0 Å². The third-order valence-electron chi connectivity index (χ3n) is 4.36. The first-order valence-electron chi connectivity index (χ1n) is 7.51. The van der Waals surface area contributed by atoms with E-state index in [0.717, 1.165) is 6.04 Å². The van der Waals surface area contributed by atoms with Gasteiger partial charge in [0.25, 0.3) is 0 Å².